The van der Waals surface area contributed by atoms with E-state index in [1.165, 1.54) is 0 Å². The van der Waals surface area contributed by atoms with Crippen molar-refractivity contribution in [1.82, 2.24) is 0 Å². The van der Waals surface area contributed by atoms with Crippen LogP contribution in [0.5, 0.6) is 0 Å². The van der Waals surface area contributed by atoms with Crippen molar-refractivity contribution in [3.8, 4) is 0 Å². The Morgan fingerprint density at radius 1 is 1.58 bits per heavy atom. The van der Waals surface area contributed by atoms with Crippen molar-refractivity contribution in [3.05, 3.63) is 10.6 Å². The third kappa shape index (κ3) is 2.81. The van der Waals surface area contributed by atoms with Crippen LogP contribution in [-0.4, -0.2) is 28.7 Å². The average Bonchev–Trinajstić information content (AvgIpc) is 3.09. The van der Waals surface area contributed by atoms with Crippen LogP contribution in [0.2, 0.25) is 0 Å². The second kappa shape index (κ2) is 4.97. The van der Waals surface area contributed by atoms with Crippen LogP contribution in [0, 0.1) is 17.8 Å². The van der Waals surface area contributed by atoms with Gasteiger partial charge in [0.2, 0.25) is 0 Å². The number of ether oxygens (including phenoxy) is 1. The molecule has 1 fully saturated rings. The summed E-state index contributed by atoms with van der Waals surface area (Å²) in [6.07, 6.45) is 3.28. The number of ketones is 1. The van der Waals surface area contributed by atoms with Gasteiger partial charge in [0.1, 0.15) is 0 Å². The molecule has 0 radical (unpaired) electrons. The van der Waals surface area contributed by atoms with Crippen LogP contribution in [0.25, 0.3) is 0 Å². The third-order valence-corrected chi connectivity index (χ3v) is 5.76. The van der Waals surface area contributed by atoms with Crippen molar-refractivity contribution < 1.29 is 14.6 Å². The maximum Gasteiger partial charge on any atom is 0.171 e. The average molecular weight is 331 g/mol. The van der Waals surface area contributed by atoms with E-state index in [9.17, 15) is 9.90 Å². The first kappa shape index (κ1) is 15.2. The topological polar surface area (TPSA) is 49.8 Å². The second-order valence-corrected chi connectivity index (χ2v) is 7.52. The minimum Gasteiger partial charge on any atom is -0.390 e. The van der Waals surface area contributed by atoms with Crippen molar-refractivity contribution in [2.45, 2.75) is 51.7 Å². The summed E-state index contributed by atoms with van der Waals surface area (Å²) in [7, 11) is 0. The molecule has 0 aromatic carbocycles. The standard InChI is InChI=1S/C15H23BrO3/c1-9(10(2)14(3,4)18)7-11-12(16)5-6-13(17)15(11)8-19-15/h5,9-11,18H,6-8H2,1-4H3/t9?,10-,11?,15-/m0/s1. The van der Waals surface area contributed by atoms with Gasteiger partial charge in [0.25, 0.3) is 0 Å². The predicted octanol–water partition coefficient (Wildman–Crippen LogP) is 3.06. The first-order chi connectivity index (χ1) is 8.68. The number of hydrogen-bond donors (Lipinski definition) is 1. The highest BCUT2D eigenvalue weighted by atomic mass is 79.9. The van der Waals surface area contributed by atoms with E-state index in [2.05, 4.69) is 29.8 Å². The summed E-state index contributed by atoms with van der Waals surface area (Å²) in [5.74, 6) is 0.788. The lowest BCUT2D eigenvalue weighted by Crippen LogP contribution is -2.40. The maximum absolute atomic E-state index is 12.0. The summed E-state index contributed by atoms with van der Waals surface area (Å²) in [4.78, 5) is 12.0. The Labute approximate surface area is 123 Å². The molecule has 0 bridgehead atoms. The molecule has 1 spiro atoms. The van der Waals surface area contributed by atoms with E-state index in [1.807, 2.05) is 19.9 Å². The van der Waals surface area contributed by atoms with Crippen LogP contribution in [0.15, 0.2) is 10.6 Å². The van der Waals surface area contributed by atoms with Crippen molar-refractivity contribution in [2.24, 2.45) is 17.8 Å². The lowest BCUT2D eigenvalue weighted by Gasteiger charge is -2.35. The first-order valence-corrected chi connectivity index (χ1v) is 7.73. The summed E-state index contributed by atoms with van der Waals surface area (Å²) in [6.45, 7) is 8.43. The number of epoxide rings is 1. The van der Waals surface area contributed by atoms with E-state index >= 15 is 0 Å². The molecule has 0 amide bonds. The number of hydrogen-bond acceptors (Lipinski definition) is 3. The lowest BCUT2D eigenvalue weighted by atomic mass is 9.73. The molecule has 2 aliphatic rings. The molecule has 1 heterocycles. The maximum atomic E-state index is 12.0. The molecule has 1 N–H and O–H groups in total. The number of allylic oxidation sites excluding steroid dienone is 1. The Morgan fingerprint density at radius 2 is 2.16 bits per heavy atom. The SMILES string of the molecule is CC(CC1C(Br)=CCC(=O)[C@]12CO2)[C@H](C)C(C)(C)O. The van der Waals surface area contributed by atoms with Gasteiger partial charge in [-0.05, 0) is 36.6 Å². The summed E-state index contributed by atoms with van der Waals surface area (Å²) in [6, 6.07) is 0. The molecule has 0 aromatic rings. The van der Waals surface area contributed by atoms with Crippen LogP contribution in [0.1, 0.15) is 40.5 Å². The van der Waals surface area contributed by atoms with Gasteiger partial charge in [-0.2, -0.15) is 0 Å². The van der Waals surface area contributed by atoms with Crippen molar-refractivity contribution >= 4 is 21.7 Å². The van der Waals surface area contributed by atoms with E-state index in [-0.39, 0.29) is 17.6 Å². The molecular weight excluding hydrogens is 308 g/mol. The van der Waals surface area contributed by atoms with Crippen LogP contribution in [-0.2, 0) is 9.53 Å². The van der Waals surface area contributed by atoms with Crippen LogP contribution in [0.3, 0.4) is 0 Å². The molecule has 108 valence electrons. The Morgan fingerprint density at radius 3 is 2.63 bits per heavy atom. The number of halogens is 1. The molecule has 1 aliphatic carbocycles. The van der Waals surface area contributed by atoms with E-state index in [0.717, 1.165) is 10.9 Å². The van der Waals surface area contributed by atoms with E-state index in [0.29, 0.717) is 18.9 Å². The van der Waals surface area contributed by atoms with Crippen LogP contribution in [0.4, 0.5) is 0 Å². The predicted molar refractivity (Wildman–Crippen MR) is 78.0 cm³/mol. The van der Waals surface area contributed by atoms with Gasteiger partial charge in [0.05, 0.1) is 12.2 Å². The van der Waals surface area contributed by atoms with Crippen molar-refractivity contribution in [3.63, 3.8) is 0 Å². The summed E-state index contributed by atoms with van der Waals surface area (Å²) in [5.41, 5.74) is -1.27. The van der Waals surface area contributed by atoms with Gasteiger partial charge in [0.15, 0.2) is 11.4 Å². The number of carbonyl (C=O) groups excluding carboxylic acids is 1. The molecule has 1 aliphatic heterocycles. The molecule has 2 rings (SSSR count). The number of rotatable bonds is 4. The lowest BCUT2D eigenvalue weighted by molar-refractivity contribution is -0.125. The van der Waals surface area contributed by atoms with Gasteiger partial charge >= 0.3 is 0 Å². The zero-order valence-electron chi connectivity index (χ0n) is 12.1. The molecule has 4 atom stereocenters. The smallest absolute Gasteiger partial charge is 0.171 e. The van der Waals surface area contributed by atoms with Gasteiger partial charge in [-0.15, -0.1) is 0 Å². The molecule has 1 saturated heterocycles. The Hall–Kier alpha value is -0.190. The highest BCUT2D eigenvalue weighted by Gasteiger charge is 2.59. The van der Waals surface area contributed by atoms with Crippen LogP contribution < -0.4 is 0 Å². The Balaban J connectivity index is 2.12. The molecule has 0 aromatic heterocycles. The largest absolute Gasteiger partial charge is 0.390 e. The minimum atomic E-state index is -0.703. The van der Waals surface area contributed by atoms with Gasteiger partial charge in [0, 0.05) is 12.3 Å². The van der Waals surface area contributed by atoms with E-state index < -0.39 is 11.2 Å². The van der Waals surface area contributed by atoms with Gasteiger partial charge in [-0.25, -0.2) is 0 Å². The Kier molecular flexibility index (Phi) is 3.98. The van der Waals surface area contributed by atoms with Gasteiger partial charge in [-0.1, -0.05) is 35.9 Å². The molecule has 0 saturated carbocycles. The minimum absolute atomic E-state index is 0.105. The van der Waals surface area contributed by atoms with Crippen LogP contribution >= 0.6 is 15.9 Å². The molecule has 19 heavy (non-hydrogen) atoms. The first-order valence-electron chi connectivity index (χ1n) is 6.93. The quantitative estimate of drug-likeness (QED) is 0.806. The number of aliphatic hydroxyl groups is 1. The van der Waals surface area contributed by atoms with Crippen molar-refractivity contribution in [2.75, 3.05) is 6.61 Å². The molecule has 2 unspecified atom stereocenters. The fraction of sp³-hybridized carbons (Fsp3) is 0.800. The monoisotopic (exact) mass is 330 g/mol. The fourth-order valence-corrected chi connectivity index (χ4v) is 3.66. The zero-order valence-corrected chi connectivity index (χ0v) is 13.7. The molecular formula is C15H23BrO3. The van der Waals surface area contributed by atoms with Gasteiger partial charge < -0.3 is 9.84 Å². The van der Waals surface area contributed by atoms with E-state index in [1.54, 1.807) is 0 Å². The van der Waals surface area contributed by atoms with E-state index in [4.69, 9.17) is 4.74 Å². The number of carbonyl (C=O) groups is 1. The summed E-state index contributed by atoms with van der Waals surface area (Å²) >= 11 is 3.59. The highest BCUT2D eigenvalue weighted by molar-refractivity contribution is 9.11. The third-order valence-electron chi connectivity index (χ3n) is 4.88. The molecule has 4 heteroatoms. The van der Waals surface area contributed by atoms with Gasteiger partial charge in [-0.3, -0.25) is 4.79 Å². The summed E-state index contributed by atoms with van der Waals surface area (Å²) in [5, 5.41) is 10.1. The summed E-state index contributed by atoms with van der Waals surface area (Å²) < 4.78 is 6.60. The normalized spacial score (nSPS) is 34.1. The Bertz CT molecular complexity index is 404. The highest BCUT2D eigenvalue weighted by Crippen LogP contribution is 2.49. The fourth-order valence-electron chi connectivity index (χ4n) is 2.94. The second-order valence-electron chi connectivity index (χ2n) is 6.60. The number of Topliss-reactive ketones (excluding diaryl/α,β-unsaturated/α-hetero) is 1. The molecule has 3 nitrogen and oxygen atoms in total. The van der Waals surface area contributed by atoms with Crippen molar-refractivity contribution in [1.29, 1.82) is 0 Å². The zero-order chi connectivity index (χ0) is 14.4.